The van der Waals surface area contributed by atoms with E-state index in [0.29, 0.717) is 12.8 Å². The summed E-state index contributed by atoms with van der Waals surface area (Å²) in [7, 11) is 0. The van der Waals surface area contributed by atoms with Crippen LogP contribution in [0.15, 0.2) is 12.3 Å². The summed E-state index contributed by atoms with van der Waals surface area (Å²) in [6.45, 7) is 1.29. The molecule has 1 unspecified atom stereocenters. The Morgan fingerprint density at radius 2 is 2.14 bits per heavy atom. The molecule has 0 bridgehead atoms. The van der Waals surface area contributed by atoms with Crippen molar-refractivity contribution >= 4 is 11.9 Å². The number of halogens is 3. The van der Waals surface area contributed by atoms with Crippen LogP contribution < -0.4 is 0 Å². The van der Waals surface area contributed by atoms with E-state index in [0.717, 1.165) is 16.9 Å². The molecule has 1 saturated heterocycles. The maximum atomic E-state index is 12.4. The molecule has 0 spiro atoms. The number of likely N-dealkylation sites (tertiary alicyclic amines) is 1. The number of carboxylic acids is 1. The maximum Gasteiger partial charge on any atom is 0.435 e. The summed E-state index contributed by atoms with van der Waals surface area (Å²) in [5.41, 5.74) is -2.39. The van der Waals surface area contributed by atoms with Crippen molar-refractivity contribution in [2.75, 3.05) is 6.54 Å². The second-order valence-corrected chi connectivity index (χ2v) is 5.12. The number of aromatic nitrogens is 2. The van der Waals surface area contributed by atoms with Gasteiger partial charge in [0.1, 0.15) is 12.1 Å². The Labute approximate surface area is 118 Å². The Morgan fingerprint density at radius 1 is 1.48 bits per heavy atom. The molecule has 0 aromatic carbocycles. The lowest BCUT2D eigenvalue weighted by atomic mass is 9.99. The van der Waals surface area contributed by atoms with Crippen LogP contribution in [0.2, 0.25) is 0 Å². The van der Waals surface area contributed by atoms with Gasteiger partial charge in [0.05, 0.1) is 0 Å². The molecule has 1 fully saturated rings. The van der Waals surface area contributed by atoms with Crippen molar-refractivity contribution in [3.05, 3.63) is 18.0 Å². The van der Waals surface area contributed by atoms with Gasteiger partial charge in [-0.15, -0.1) is 0 Å². The molecule has 2 heterocycles. The second kappa shape index (κ2) is 5.05. The Bertz CT molecular complexity index is 570. The zero-order chi connectivity index (χ0) is 15.8. The Morgan fingerprint density at radius 3 is 2.67 bits per heavy atom. The quantitative estimate of drug-likeness (QED) is 0.915. The molecule has 1 N–H and O–H groups in total. The van der Waals surface area contributed by atoms with E-state index < -0.39 is 35.8 Å². The van der Waals surface area contributed by atoms with Crippen molar-refractivity contribution in [3.63, 3.8) is 0 Å². The van der Waals surface area contributed by atoms with Crippen molar-refractivity contribution in [2.45, 2.75) is 38.0 Å². The van der Waals surface area contributed by atoms with Crippen molar-refractivity contribution in [1.82, 2.24) is 14.7 Å². The van der Waals surface area contributed by atoms with Crippen LogP contribution in [-0.4, -0.2) is 43.7 Å². The number of amides is 1. The molecule has 9 heteroatoms. The molecule has 1 atom stereocenters. The first kappa shape index (κ1) is 15.3. The highest BCUT2D eigenvalue weighted by molar-refractivity contribution is 5.87. The Balaban J connectivity index is 2.11. The summed E-state index contributed by atoms with van der Waals surface area (Å²) in [6, 6.07) is 0.771. The number of nitrogens with zero attached hydrogens (tertiary/aromatic N) is 3. The van der Waals surface area contributed by atoms with Crippen molar-refractivity contribution in [3.8, 4) is 0 Å². The van der Waals surface area contributed by atoms with Crippen LogP contribution in [0.3, 0.4) is 0 Å². The van der Waals surface area contributed by atoms with Gasteiger partial charge < -0.3 is 10.0 Å². The number of aliphatic carboxylic acids is 1. The summed E-state index contributed by atoms with van der Waals surface area (Å²) in [6.07, 6.45) is -2.66. The molecule has 1 aliphatic rings. The van der Waals surface area contributed by atoms with E-state index in [1.165, 1.54) is 11.8 Å². The van der Waals surface area contributed by atoms with Crippen LogP contribution >= 0.6 is 0 Å². The number of hydrogen-bond acceptors (Lipinski definition) is 3. The third kappa shape index (κ3) is 2.86. The third-order valence-electron chi connectivity index (χ3n) is 3.63. The molecule has 1 amide bonds. The summed E-state index contributed by atoms with van der Waals surface area (Å²) >= 11 is 0. The van der Waals surface area contributed by atoms with E-state index in [1.54, 1.807) is 0 Å². The average Bonchev–Trinajstić information content (AvgIpc) is 2.95. The van der Waals surface area contributed by atoms with Crippen LogP contribution in [0.5, 0.6) is 0 Å². The van der Waals surface area contributed by atoms with E-state index in [1.807, 2.05) is 0 Å². The lowest BCUT2D eigenvalue weighted by Crippen LogP contribution is -2.51. The Hall–Kier alpha value is -2.06. The summed E-state index contributed by atoms with van der Waals surface area (Å²) in [4.78, 5) is 24.6. The topological polar surface area (TPSA) is 75.4 Å². The van der Waals surface area contributed by atoms with Crippen molar-refractivity contribution in [2.24, 2.45) is 0 Å². The summed E-state index contributed by atoms with van der Waals surface area (Å²) < 4.78 is 38.1. The molecule has 21 heavy (non-hydrogen) atoms. The number of carboxylic acid groups (broad SMARTS) is 1. The minimum Gasteiger partial charge on any atom is -0.480 e. The van der Waals surface area contributed by atoms with Crippen LogP contribution in [0.25, 0.3) is 0 Å². The van der Waals surface area contributed by atoms with Gasteiger partial charge in [-0.3, -0.25) is 9.48 Å². The Kier molecular flexibility index (Phi) is 3.68. The minimum absolute atomic E-state index is 0.273. The van der Waals surface area contributed by atoms with Gasteiger partial charge in [0.15, 0.2) is 5.69 Å². The van der Waals surface area contributed by atoms with E-state index in [9.17, 15) is 27.9 Å². The molecule has 2 rings (SSSR count). The van der Waals surface area contributed by atoms with Crippen LogP contribution in [-0.2, 0) is 22.3 Å². The van der Waals surface area contributed by atoms with E-state index in [-0.39, 0.29) is 6.54 Å². The summed E-state index contributed by atoms with van der Waals surface area (Å²) in [5.74, 6) is -1.68. The SMILES string of the molecule is CC1(C(=O)O)CCCN1C(=O)Cn1ccc(C(F)(F)F)n1. The predicted octanol–water partition coefficient (Wildman–Crippen LogP) is 1.37. The van der Waals surface area contributed by atoms with Crippen molar-refractivity contribution < 1.29 is 27.9 Å². The van der Waals surface area contributed by atoms with Gasteiger partial charge in [-0.05, 0) is 25.8 Å². The molecule has 0 radical (unpaired) electrons. The first-order chi connectivity index (χ1) is 9.64. The second-order valence-electron chi connectivity index (χ2n) is 5.12. The van der Waals surface area contributed by atoms with Gasteiger partial charge in [-0.2, -0.15) is 18.3 Å². The number of hydrogen-bond donors (Lipinski definition) is 1. The molecule has 1 aliphatic heterocycles. The number of carbonyl (C=O) groups excluding carboxylic acids is 1. The van der Waals surface area contributed by atoms with Crippen molar-refractivity contribution in [1.29, 1.82) is 0 Å². The predicted molar refractivity (Wildman–Crippen MR) is 64.2 cm³/mol. The molecular formula is C12H14F3N3O3. The smallest absolute Gasteiger partial charge is 0.435 e. The first-order valence-corrected chi connectivity index (χ1v) is 6.29. The normalized spacial score (nSPS) is 22.6. The molecule has 0 aliphatic carbocycles. The lowest BCUT2D eigenvalue weighted by Gasteiger charge is -2.31. The number of rotatable bonds is 3. The van der Waals surface area contributed by atoms with Gasteiger partial charge in [-0.25, -0.2) is 4.79 Å². The fourth-order valence-electron chi connectivity index (χ4n) is 2.41. The zero-order valence-corrected chi connectivity index (χ0v) is 11.2. The van der Waals surface area contributed by atoms with E-state index in [2.05, 4.69) is 5.10 Å². The fraction of sp³-hybridized carbons (Fsp3) is 0.583. The molecular weight excluding hydrogens is 291 g/mol. The third-order valence-corrected chi connectivity index (χ3v) is 3.63. The van der Waals surface area contributed by atoms with E-state index >= 15 is 0 Å². The molecule has 0 saturated carbocycles. The van der Waals surface area contributed by atoms with Gasteiger partial charge in [0.2, 0.25) is 5.91 Å². The standard InChI is InChI=1S/C12H14F3N3O3/c1-11(10(20)21)4-2-5-18(11)9(19)7-17-6-3-8(16-17)12(13,14)15/h3,6H,2,4-5,7H2,1H3,(H,20,21). The zero-order valence-electron chi connectivity index (χ0n) is 11.2. The fourth-order valence-corrected chi connectivity index (χ4v) is 2.41. The van der Waals surface area contributed by atoms with Gasteiger partial charge >= 0.3 is 12.1 Å². The van der Waals surface area contributed by atoms with E-state index in [4.69, 9.17) is 0 Å². The largest absolute Gasteiger partial charge is 0.480 e. The summed E-state index contributed by atoms with van der Waals surface area (Å²) in [5, 5.41) is 12.5. The molecule has 116 valence electrons. The lowest BCUT2D eigenvalue weighted by molar-refractivity contribution is -0.155. The highest BCUT2D eigenvalue weighted by Crippen LogP contribution is 2.30. The number of carbonyl (C=O) groups is 2. The van der Waals surface area contributed by atoms with Crippen LogP contribution in [0, 0.1) is 0 Å². The monoisotopic (exact) mass is 305 g/mol. The van der Waals surface area contributed by atoms with Crippen LogP contribution in [0.4, 0.5) is 13.2 Å². The minimum atomic E-state index is -4.57. The number of alkyl halides is 3. The maximum absolute atomic E-state index is 12.4. The van der Waals surface area contributed by atoms with Gasteiger partial charge in [-0.1, -0.05) is 0 Å². The average molecular weight is 305 g/mol. The van der Waals surface area contributed by atoms with Gasteiger partial charge in [0.25, 0.3) is 0 Å². The van der Waals surface area contributed by atoms with Crippen LogP contribution in [0.1, 0.15) is 25.5 Å². The molecule has 1 aromatic rings. The molecule has 1 aromatic heterocycles. The first-order valence-electron chi connectivity index (χ1n) is 6.29. The highest BCUT2D eigenvalue weighted by Gasteiger charge is 2.45. The van der Waals surface area contributed by atoms with Gasteiger partial charge in [0, 0.05) is 12.7 Å². The molecule has 6 nitrogen and oxygen atoms in total. The highest BCUT2D eigenvalue weighted by atomic mass is 19.4.